The Balaban J connectivity index is 2.57. The lowest BCUT2D eigenvalue weighted by Crippen LogP contribution is -2.23. The number of thiol groups is 1. The van der Waals surface area contributed by atoms with Crippen LogP contribution in [-0.2, 0) is 13.1 Å². The van der Waals surface area contributed by atoms with Gasteiger partial charge in [-0.2, -0.15) is 12.6 Å². The molecule has 1 aromatic heterocycles. The van der Waals surface area contributed by atoms with Crippen LogP contribution < -0.4 is 5.69 Å². The highest BCUT2D eigenvalue weighted by Crippen LogP contribution is 1.95. The van der Waals surface area contributed by atoms with Crippen molar-refractivity contribution in [2.75, 3.05) is 5.75 Å². The fourth-order valence-electron chi connectivity index (χ4n) is 1.26. The molecule has 0 aliphatic heterocycles. The number of imidazole rings is 1. The van der Waals surface area contributed by atoms with E-state index in [1.165, 1.54) is 0 Å². The molecule has 13 heavy (non-hydrogen) atoms. The van der Waals surface area contributed by atoms with Crippen molar-refractivity contribution in [3.05, 3.63) is 22.9 Å². The Morgan fingerprint density at radius 1 is 1.31 bits per heavy atom. The predicted molar refractivity (Wildman–Crippen MR) is 57.5 cm³/mol. The first-order valence-corrected chi connectivity index (χ1v) is 5.29. The Hall–Kier alpha value is -0.640. The zero-order chi connectivity index (χ0) is 9.68. The Morgan fingerprint density at radius 3 is 2.54 bits per heavy atom. The second-order valence-corrected chi connectivity index (χ2v) is 3.44. The molecule has 4 heteroatoms. The molecule has 1 heterocycles. The van der Waals surface area contributed by atoms with Crippen LogP contribution in [0.2, 0.25) is 0 Å². The average molecular weight is 200 g/mol. The van der Waals surface area contributed by atoms with Crippen molar-refractivity contribution in [2.45, 2.75) is 32.9 Å². The Labute approximate surface area is 83.8 Å². The van der Waals surface area contributed by atoms with Gasteiger partial charge in [-0.1, -0.05) is 0 Å². The zero-order valence-electron chi connectivity index (χ0n) is 7.94. The smallest absolute Gasteiger partial charge is 0.300 e. The van der Waals surface area contributed by atoms with Gasteiger partial charge in [-0.15, -0.1) is 0 Å². The number of aryl methyl sites for hydroxylation is 2. The lowest BCUT2D eigenvalue weighted by molar-refractivity contribution is 0.592. The molecule has 0 aliphatic rings. The van der Waals surface area contributed by atoms with Crippen LogP contribution >= 0.6 is 12.6 Å². The van der Waals surface area contributed by atoms with E-state index in [0.717, 1.165) is 31.7 Å². The highest BCUT2D eigenvalue weighted by molar-refractivity contribution is 7.80. The summed E-state index contributed by atoms with van der Waals surface area (Å²) in [7, 11) is 0. The fourth-order valence-corrected chi connectivity index (χ4v) is 1.48. The van der Waals surface area contributed by atoms with Gasteiger partial charge in [0.05, 0.1) is 0 Å². The van der Waals surface area contributed by atoms with Gasteiger partial charge in [0, 0.05) is 25.5 Å². The molecule has 0 amide bonds. The van der Waals surface area contributed by atoms with Gasteiger partial charge in [0.25, 0.3) is 0 Å². The van der Waals surface area contributed by atoms with Gasteiger partial charge in [-0.05, 0) is 25.5 Å². The van der Waals surface area contributed by atoms with Crippen molar-refractivity contribution < 1.29 is 0 Å². The summed E-state index contributed by atoms with van der Waals surface area (Å²) in [6.07, 6.45) is 5.78. The number of rotatable bonds is 5. The molecule has 0 spiro atoms. The van der Waals surface area contributed by atoms with Crippen LogP contribution in [0.5, 0.6) is 0 Å². The van der Waals surface area contributed by atoms with Crippen molar-refractivity contribution in [1.82, 2.24) is 9.13 Å². The number of hydrogen-bond donors (Lipinski definition) is 1. The SMILES string of the molecule is CCn1ccn(CCCCS)c1=O. The first-order chi connectivity index (χ1) is 6.29. The van der Waals surface area contributed by atoms with Gasteiger partial charge < -0.3 is 0 Å². The number of unbranched alkanes of at least 4 members (excludes halogenated alkanes) is 1. The Bertz CT molecular complexity index is 303. The van der Waals surface area contributed by atoms with Crippen molar-refractivity contribution in [2.24, 2.45) is 0 Å². The molecule has 0 unspecified atom stereocenters. The molecule has 74 valence electrons. The van der Waals surface area contributed by atoms with Crippen LogP contribution in [-0.4, -0.2) is 14.9 Å². The number of hydrogen-bond acceptors (Lipinski definition) is 2. The molecule has 0 saturated heterocycles. The third-order valence-corrected chi connectivity index (χ3v) is 2.38. The van der Waals surface area contributed by atoms with Gasteiger partial charge in [0.1, 0.15) is 0 Å². The van der Waals surface area contributed by atoms with E-state index < -0.39 is 0 Å². The zero-order valence-corrected chi connectivity index (χ0v) is 8.83. The molecule has 3 nitrogen and oxygen atoms in total. The van der Waals surface area contributed by atoms with Gasteiger partial charge in [0.15, 0.2) is 0 Å². The van der Waals surface area contributed by atoms with Crippen LogP contribution in [0.1, 0.15) is 19.8 Å². The summed E-state index contributed by atoms with van der Waals surface area (Å²) < 4.78 is 3.47. The molecule has 0 bridgehead atoms. The minimum atomic E-state index is 0.0988. The molecular formula is C9H16N2OS. The van der Waals surface area contributed by atoms with E-state index in [-0.39, 0.29) is 5.69 Å². The fraction of sp³-hybridized carbons (Fsp3) is 0.667. The van der Waals surface area contributed by atoms with Crippen molar-refractivity contribution in [1.29, 1.82) is 0 Å². The molecule has 0 atom stereocenters. The van der Waals surface area contributed by atoms with E-state index in [4.69, 9.17) is 0 Å². The normalized spacial score (nSPS) is 10.6. The third-order valence-electron chi connectivity index (χ3n) is 2.07. The summed E-state index contributed by atoms with van der Waals surface area (Å²) in [4.78, 5) is 11.5. The lowest BCUT2D eigenvalue weighted by Gasteiger charge is -1.99. The van der Waals surface area contributed by atoms with E-state index in [1.54, 1.807) is 9.13 Å². The second-order valence-electron chi connectivity index (χ2n) is 2.99. The summed E-state index contributed by atoms with van der Waals surface area (Å²) in [6, 6.07) is 0. The Morgan fingerprint density at radius 2 is 2.00 bits per heavy atom. The van der Waals surface area contributed by atoms with Gasteiger partial charge >= 0.3 is 5.69 Å². The minimum absolute atomic E-state index is 0.0988. The maximum Gasteiger partial charge on any atom is 0.328 e. The highest BCUT2D eigenvalue weighted by atomic mass is 32.1. The maximum atomic E-state index is 11.5. The molecule has 0 N–H and O–H groups in total. The van der Waals surface area contributed by atoms with E-state index in [1.807, 2.05) is 19.3 Å². The van der Waals surface area contributed by atoms with Crippen LogP contribution in [0.15, 0.2) is 17.2 Å². The number of aromatic nitrogens is 2. The summed E-state index contributed by atoms with van der Waals surface area (Å²) in [5.41, 5.74) is 0.0988. The topological polar surface area (TPSA) is 26.9 Å². The van der Waals surface area contributed by atoms with Gasteiger partial charge in [-0.3, -0.25) is 9.13 Å². The summed E-state index contributed by atoms with van der Waals surface area (Å²) in [6.45, 7) is 3.53. The Kier molecular flexibility index (Phi) is 4.15. The van der Waals surface area contributed by atoms with Gasteiger partial charge in [0.2, 0.25) is 0 Å². The average Bonchev–Trinajstić information content (AvgIpc) is 2.48. The van der Waals surface area contributed by atoms with Crippen LogP contribution in [0.4, 0.5) is 0 Å². The molecule has 0 saturated carbocycles. The molecule has 0 radical (unpaired) electrons. The maximum absolute atomic E-state index is 11.5. The van der Waals surface area contributed by atoms with Crippen LogP contribution in [0, 0.1) is 0 Å². The van der Waals surface area contributed by atoms with Crippen molar-refractivity contribution in [3.8, 4) is 0 Å². The quantitative estimate of drug-likeness (QED) is 0.564. The summed E-state index contributed by atoms with van der Waals surface area (Å²) in [5, 5.41) is 0. The predicted octanol–water partition coefficient (Wildman–Crippen LogP) is 1.38. The summed E-state index contributed by atoms with van der Waals surface area (Å²) in [5.74, 6) is 0.892. The largest absolute Gasteiger partial charge is 0.328 e. The second kappa shape index (κ2) is 5.17. The van der Waals surface area contributed by atoms with E-state index in [2.05, 4.69) is 12.6 Å². The monoisotopic (exact) mass is 200 g/mol. The molecule has 0 aromatic carbocycles. The molecule has 0 fully saturated rings. The molecule has 1 aromatic rings. The highest BCUT2D eigenvalue weighted by Gasteiger charge is 1.99. The number of nitrogens with zero attached hydrogens (tertiary/aromatic N) is 2. The molecular weight excluding hydrogens is 184 g/mol. The van der Waals surface area contributed by atoms with Crippen LogP contribution in [0.25, 0.3) is 0 Å². The van der Waals surface area contributed by atoms with Crippen molar-refractivity contribution >= 4 is 12.6 Å². The minimum Gasteiger partial charge on any atom is -0.300 e. The van der Waals surface area contributed by atoms with E-state index in [9.17, 15) is 4.79 Å². The summed E-state index contributed by atoms with van der Waals surface area (Å²) >= 11 is 4.12. The molecule has 1 rings (SSSR count). The lowest BCUT2D eigenvalue weighted by atomic mass is 10.3. The van der Waals surface area contributed by atoms with Crippen LogP contribution in [0.3, 0.4) is 0 Å². The first kappa shape index (κ1) is 10.4. The van der Waals surface area contributed by atoms with Crippen molar-refractivity contribution in [3.63, 3.8) is 0 Å². The molecule has 0 aliphatic carbocycles. The van der Waals surface area contributed by atoms with E-state index >= 15 is 0 Å². The first-order valence-electron chi connectivity index (χ1n) is 4.66. The van der Waals surface area contributed by atoms with E-state index in [0.29, 0.717) is 0 Å². The third kappa shape index (κ3) is 2.66. The van der Waals surface area contributed by atoms with Gasteiger partial charge in [-0.25, -0.2) is 4.79 Å². The standard InChI is InChI=1S/C9H16N2OS/c1-2-10-6-7-11(9(10)12)5-3-4-8-13/h6-7,13H,2-5,8H2,1H3.